The van der Waals surface area contributed by atoms with E-state index < -0.39 is 0 Å². The van der Waals surface area contributed by atoms with Crippen LogP contribution in [-0.2, 0) is 17.8 Å². The summed E-state index contributed by atoms with van der Waals surface area (Å²) in [7, 11) is 1.65. The van der Waals surface area contributed by atoms with Crippen LogP contribution in [0.15, 0.2) is 78.0 Å². The predicted molar refractivity (Wildman–Crippen MR) is 142 cm³/mol. The summed E-state index contributed by atoms with van der Waals surface area (Å²) in [6, 6.07) is 24.2. The Hall–Kier alpha value is -3.58. The highest BCUT2D eigenvalue weighted by atomic mass is 32.2. The molecule has 180 valence electrons. The number of nitrogens with zero attached hydrogens (tertiary/aromatic N) is 3. The van der Waals surface area contributed by atoms with Crippen molar-refractivity contribution in [3.8, 4) is 17.1 Å². The number of rotatable bonds is 9. The van der Waals surface area contributed by atoms with E-state index in [9.17, 15) is 4.79 Å². The summed E-state index contributed by atoms with van der Waals surface area (Å²) in [6.07, 6.45) is 0.817. The van der Waals surface area contributed by atoms with Crippen LogP contribution in [0, 0.1) is 13.8 Å². The third kappa shape index (κ3) is 5.92. The summed E-state index contributed by atoms with van der Waals surface area (Å²) in [5.74, 6) is 1.39. The lowest BCUT2D eigenvalue weighted by molar-refractivity contribution is -0.115. The molecule has 6 nitrogen and oxygen atoms in total. The molecule has 0 aliphatic heterocycles. The Morgan fingerprint density at radius 1 is 1.03 bits per heavy atom. The summed E-state index contributed by atoms with van der Waals surface area (Å²) >= 11 is 1.41. The van der Waals surface area contributed by atoms with Crippen LogP contribution in [0.4, 0.5) is 5.69 Å². The predicted octanol–water partition coefficient (Wildman–Crippen LogP) is 5.93. The van der Waals surface area contributed by atoms with Gasteiger partial charge in [-0.05, 0) is 62.1 Å². The first-order chi connectivity index (χ1) is 17.0. The normalized spacial score (nSPS) is 11.8. The van der Waals surface area contributed by atoms with Crippen molar-refractivity contribution >= 4 is 23.4 Å². The van der Waals surface area contributed by atoms with Crippen LogP contribution in [0.5, 0.6) is 5.75 Å². The number of hydrogen-bond acceptors (Lipinski definition) is 5. The second-order valence-electron chi connectivity index (χ2n) is 8.46. The highest BCUT2D eigenvalue weighted by Crippen LogP contribution is 2.32. The molecule has 1 unspecified atom stereocenters. The van der Waals surface area contributed by atoms with Gasteiger partial charge in [0.25, 0.3) is 0 Å². The summed E-state index contributed by atoms with van der Waals surface area (Å²) in [5.41, 5.74) is 5.07. The number of aryl methyl sites for hydroxylation is 3. The second-order valence-corrected chi connectivity index (χ2v) is 9.77. The van der Waals surface area contributed by atoms with Gasteiger partial charge in [-0.1, -0.05) is 66.4 Å². The van der Waals surface area contributed by atoms with Gasteiger partial charge in [0.05, 0.1) is 17.9 Å². The Bertz CT molecular complexity index is 1300. The zero-order valence-corrected chi connectivity index (χ0v) is 21.3. The Balaban J connectivity index is 1.60. The quantitative estimate of drug-likeness (QED) is 0.297. The van der Waals surface area contributed by atoms with E-state index in [2.05, 4.69) is 32.2 Å². The van der Waals surface area contributed by atoms with Crippen LogP contribution in [0.3, 0.4) is 0 Å². The number of carbonyl (C=O) groups excluding carboxylic acids is 1. The first kappa shape index (κ1) is 24.5. The Kier molecular flexibility index (Phi) is 7.87. The van der Waals surface area contributed by atoms with Gasteiger partial charge in [0.2, 0.25) is 5.91 Å². The van der Waals surface area contributed by atoms with Gasteiger partial charge in [0.1, 0.15) is 5.75 Å². The molecule has 0 aliphatic rings. The average molecular weight is 487 g/mol. The third-order valence-electron chi connectivity index (χ3n) is 5.83. The van der Waals surface area contributed by atoms with Crippen LogP contribution in [0.1, 0.15) is 23.6 Å². The van der Waals surface area contributed by atoms with E-state index in [0.29, 0.717) is 11.7 Å². The number of nitrogens with one attached hydrogen (secondary N) is 1. The fraction of sp³-hybridized carbons (Fsp3) is 0.250. The van der Waals surface area contributed by atoms with Crippen LogP contribution >= 0.6 is 11.8 Å². The van der Waals surface area contributed by atoms with Gasteiger partial charge >= 0.3 is 0 Å². The van der Waals surface area contributed by atoms with Crippen molar-refractivity contribution in [3.63, 3.8) is 0 Å². The van der Waals surface area contributed by atoms with Gasteiger partial charge in [-0.3, -0.25) is 4.79 Å². The standard InChI is InChI=1S/C28H30N4O2S/c1-19-14-15-20(2)24(18-19)29-27(33)21(3)35-28-31-30-26(23-12-8-9-13-25(23)34-4)32(28)17-16-22-10-6-5-7-11-22/h5-15,18,21H,16-17H2,1-4H3,(H,29,33). The smallest absolute Gasteiger partial charge is 0.237 e. The van der Waals surface area contributed by atoms with E-state index in [-0.39, 0.29) is 11.2 Å². The first-order valence-electron chi connectivity index (χ1n) is 11.6. The SMILES string of the molecule is COc1ccccc1-c1nnc(SC(C)C(=O)Nc2cc(C)ccc2C)n1CCc1ccccc1. The molecule has 0 fully saturated rings. The molecule has 1 amide bonds. The molecule has 1 N–H and O–H groups in total. The minimum atomic E-state index is -0.361. The van der Waals surface area contributed by atoms with Crippen molar-refractivity contribution in [1.82, 2.24) is 14.8 Å². The molecule has 4 aromatic rings. The molecule has 0 aliphatic carbocycles. The number of hydrogen-bond donors (Lipinski definition) is 1. The van der Waals surface area contributed by atoms with Crippen molar-refractivity contribution in [2.45, 2.75) is 44.1 Å². The molecule has 0 spiro atoms. The van der Waals surface area contributed by atoms with Gasteiger partial charge in [-0.2, -0.15) is 0 Å². The summed E-state index contributed by atoms with van der Waals surface area (Å²) in [4.78, 5) is 13.0. The van der Waals surface area contributed by atoms with Gasteiger partial charge in [-0.25, -0.2) is 0 Å². The van der Waals surface area contributed by atoms with Gasteiger partial charge < -0.3 is 14.6 Å². The summed E-state index contributed by atoms with van der Waals surface area (Å²) in [5, 5.41) is 12.4. The largest absolute Gasteiger partial charge is 0.496 e. The number of benzene rings is 3. The third-order valence-corrected chi connectivity index (χ3v) is 6.91. The van der Waals surface area contributed by atoms with Crippen molar-refractivity contribution < 1.29 is 9.53 Å². The van der Waals surface area contributed by atoms with E-state index in [1.165, 1.54) is 17.3 Å². The van der Waals surface area contributed by atoms with Gasteiger partial charge in [-0.15, -0.1) is 10.2 Å². The van der Waals surface area contributed by atoms with Crippen LogP contribution < -0.4 is 10.1 Å². The van der Waals surface area contributed by atoms with Gasteiger partial charge in [0.15, 0.2) is 11.0 Å². The van der Waals surface area contributed by atoms with Crippen molar-refractivity contribution in [2.75, 3.05) is 12.4 Å². The van der Waals surface area contributed by atoms with Gasteiger partial charge in [0, 0.05) is 12.2 Å². The van der Waals surface area contributed by atoms with Crippen LogP contribution in [0.25, 0.3) is 11.4 Å². The molecule has 0 saturated heterocycles. The van der Waals surface area contributed by atoms with Crippen molar-refractivity contribution in [2.24, 2.45) is 0 Å². The Labute approximate surface area is 210 Å². The highest BCUT2D eigenvalue weighted by Gasteiger charge is 2.22. The lowest BCUT2D eigenvalue weighted by Crippen LogP contribution is -2.23. The molecule has 35 heavy (non-hydrogen) atoms. The molecule has 1 aromatic heterocycles. The van der Waals surface area contributed by atoms with E-state index >= 15 is 0 Å². The molecule has 1 heterocycles. The number of methoxy groups -OCH3 is 1. The maximum absolute atomic E-state index is 13.0. The zero-order chi connectivity index (χ0) is 24.8. The minimum Gasteiger partial charge on any atom is -0.496 e. The van der Waals surface area contributed by atoms with Crippen molar-refractivity contribution in [1.29, 1.82) is 0 Å². The molecule has 0 saturated carbocycles. The Morgan fingerprint density at radius 3 is 2.54 bits per heavy atom. The fourth-order valence-electron chi connectivity index (χ4n) is 3.81. The molecule has 1 atom stereocenters. The topological polar surface area (TPSA) is 69.0 Å². The molecule has 7 heteroatoms. The molecule has 3 aromatic carbocycles. The number of para-hydroxylation sites is 1. The van der Waals surface area contributed by atoms with Crippen LogP contribution in [-0.4, -0.2) is 33.0 Å². The highest BCUT2D eigenvalue weighted by molar-refractivity contribution is 8.00. The maximum atomic E-state index is 13.0. The maximum Gasteiger partial charge on any atom is 0.237 e. The lowest BCUT2D eigenvalue weighted by Gasteiger charge is -2.16. The van der Waals surface area contributed by atoms with E-state index in [4.69, 9.17) is 4.74 Å². The number of ether oxygens (including phenoxy) is 1. The molecule has 0 bridgehead atoms. The first-order valence-corrected chi connectivity index (χ1v) is 12.5. The molecular formula is C28H30N4O2S. The molecule has 4 rings (SSSR count). The number of anilines is 1. The van der Waals surface area contributed by atoms with E-state index in [0.717, 1.165) is 40.4 Å². The summed E-state index contributed by atoms with van der Waals surface area (Å²) in [6.45, 7) is 6.58. The van der Waals surface area contributed by atoms with E-state index in [1.54, 1.807) is 7.11 Å². The second kappa shape index (κ2) is 11.2. The minimum absolute atomic E-state index is 0.0693. The fourth-order valence-corrected chi connectivity index (χ4v) is 4.68. The number of thioether (sulfide) groups is 1. The summed E-state index contributed by atoms with van der Waals surface area (Å²) < 4.78 is 7.66. The number of amides is 1. The zero-order valence-electron chi connectivity index (χ0n) is 20.5. The van der Waals surface area contributed by atoms with Crippen molar-refractivity contribution in [3.05, 3.63) is 89.5 Å². The lowest BCUT2D eigenvalue weighted by atomic mass is 10.1. The average Bonchev–Trinajstić information content (AvgIpc) is 3.27. The molecular weight excluding hydrogens is 456 g/mol. The van der Waals surface area contributed by atoms with E-state index in [1.807, 2.05) is 81.4 Å². The number of aromatic nitrogens is 3. The van der Waals surface area contributed by atoms with Crippen LogP contribution in [0.2, 0.25) is 0 Å². The molecule has 0 radical (unpaired) electrons. The number of carbonyl (C=O) groups is 1. The Morgan fingerprint density at radius 2 is 1.77 bits per heavy atom. The monoisotopic (exact) mass is 486 g/mol.